The summed E-state index contributed by atoms with van der Waals surface area (Å²) in [6.45, 7) is 8.88. The largest absolute Gasteiger partial charge is 0.341 e. The third kappa shape index (κ3) is 4.68. The zero-order valence-corrected chi connectivity index (χ0v) is 20.0. The van der Waals surface area contributed by atoms with Crippen molar-refractivity contribution in [1.82, 2.24) is 14.5 Å². The van der Waals surface area contributed by atoms with Crippen LogP contribution in [-0.4, -0.2) is 39.4 Å². The fourth-order valence-corrected chi connectivity index (χ4v) is 5.49. The fraction of sp³-hybridized carbons (Fsp3) is 0.417. The highest BCUT2D eigenvalue weighted by Crippen LogP contribution is 2.28. The second-order valence-corrected chi connectivity index (χ2v) is 10.1. The lowest BCUT2D eigenvalue weighted by Crippen LogP contribution is -2.44. The van der Waals surface area contributed by atoms with E-state index in [1.807, 2.05) is 4.90 Å². The van der Waals surface area contributed by atoms with Gasteiger partial charge in [-0.1, -0.05) is 19.9 Å². The molecule has 9 heteroatoms. The van der Waals surface area contributed by atoms with E-state index in [4.69, 9.17) is 0 Å². The third-order valence-corrected chi connectivity index (χ3v) is 7.28. The average Bonchev–Trinajstić information content (AvgIpc) is 3.09. The van der Waals surface area contributed by atoms with Crippen molar-refractivity contribution in [3.63, 3.8) is 0 Å². The van der Waals surface area contributed by atoms with E-state index in [1.54, 1.807) is 26.0 Å². The smallest absolute Gasteiger partial charge is 0.266 e. The van der Waals surface area contributed by atoms with Crippen LogP contribution in [0.2, 0.25) is 0 Å². The van der Waals surface area contributed by atoms with Crippen molar-refractivity contribution >= 4 is 39.1 Å². The van der Waals surface area contributed by atoms with Crippen LogP contribution in [0.4, 0.5) is 10.1 Å². The molecule has 0 saturated carbocycles. The first kappa shape index (κ1) is 23.1. The summed E-state index contributed by atoms with van der Waals surface area (Å²) < 4.78 is 15.1. The zero-order valence-electron chi connectivity index (χ0n) is 19.1. The van der Waals surface area contributed by atoms with Crippen LogP contribution in [0.1, 0.15) is 41.1 Å². The van der Waals surface area contributed by atoms with Crippen molar-refractivity contribution in [2.45, 2.75) is 40.7 Å². The molecule has 2 aromatic heterocycles. The lowest BCUT2D eigenvalue weighted by Gasteiger charge is -2.35. The van der Waals surface area contributed by atoms with E-state index in [-0.39, 0.29) is 18.0 Å². The lowest BCUT2D eigenvalue weighted by atomic mass is 9.92. The topological polar surface area (TPSA) is 84.3 Å². The maximum absolute atomic E-state index is 13.8. The quantitative estimate of drug-likeness (QED) is 0.625. The van der Waals surface area contributed by atoms with Gasteiger partial charge in [-0.25, -0.2) is 9.37 Å². The van der Waals surface area contributed by atoms with Crippen LogP contribution in [-0.2, 0) is 11.3 Å². The Morgan fingerprint density at radius 2 is 1.91 bits per heavy atom. The number of aryl methyl sites for hydroxylation is 2. The molecule has 1 fully saturated rings. The number of fused-ring (bicyclic) bond motifs is 1. The average molecular weight is 471 g/mol. The molecule has 3 aromatic rings. The van der Waals surface area contributed by atoms with Gasteiger partial charge in [-0.15, -0.1) is 11.3 Å². The van der Waals surface area contributed by atoms with Crippen LogP contribution >= 0.6 is 11.3 Å². The molecule has 1 saturated heterocycles. The first-order chi connectivity index (χ1) is 15.6. The molecule has 3 heterocycles. The molecule has 1 N–H and O–H groups in total. The Bertz CT molecular complexity index is 1290. The summed E-state index contributed by atoms with van der Waals surface area (Å²) in [5.74, 6) is -0.0945. The second-order valence-electron chi connectivity index (χ2n) is 9.08. The zero-order chi connectivity index (χ0) is 23.9. The van der Waals surface area contributed by atoms with Gasteiger partial charge < -0.3 is 10.2 Å². The summed E-state index contributed by atoms with van der Waals surface area (Å²) in [4.78, 5) is 45.7. The molecule has 4 rings (SSSR count). The fourth-order valence-electron chi connectivity index (χ4n) is 4.46. The number of likely N-dealkylation sites (tertiary alicyclic amines) is 1. The summed E-state index contributed by atoms with van der Waals surface area (Å²) in [5.41, 5.74) is 0.972. The van der Waals surface area contributed by atoms with Gasteiger partial charge in [-0.2, -0.15) is 0 Å². The maximum Gasteiger partial charge on any atom is 0.266 e. The number of nitrogens with one attached hydrogen (secondary N) is 1. The van der Waals surface area contributed by atoms with Crippen molar-refractivity contribution in [3.05, 3.63) is 56.7 Å². The molecule has 7 nitrogen and oxygen atoms in total. The first-order valence-corrected chi connectivity index (χ1v) is 11.8. The highest BCUT2D eigenvalue weighted by molar-refractivity contribution is 7.20. The summed E-state index contributed by atoms with van der Waals surface area (Å²) in [6, 6.07) is 4.47. The molecule has 0 spiro atoms. The Balaban J connectivity index is 1.58. The molecule has 1 aliphatic rings. The molecular formula is C24H27FN4O3S. The molecule has 33 heavy (non-hydrogen) atoms. The number of hydrogen-bond acceptors (Lipinski definition) is 5. The number of benzene rings is 1. The number of rotatable bonds is 4. The van der Waals surface area contributed by atoms with E-state index < -0.39 is 11.7 Å². The highest BCUT2D eigenvalue weighted by atomic mass is 32.1. The molecule has 174 valence electrons. The molecule has 0 radical (unpaired) electrons. The van der Waals surface area contributed by atoms with Crippen LogP contribution in [0.15, 0.2) is 29.3 Å². The Hall–Kier alpha value is -3.07. The highest BCUT2D eigenvalue weighted by Gasteiger charge is 2.26. The SMILES string of the molecule is Cc1ccc(NC(=O)c2sc3ncn(CC(=O)N4CC(C)CC(C)C4)c(=O)c3c2C)cc1F. The predicted octanol–water partition coefficient (Wildman–Crippen LogP) is 3.97. The minimum Gasteiger partial charge on any atom is -0.341 e. The van der Waals surface area contributed by atoms with E-state index in [2.05, 4.69) is 24.1 Å². The summed E-state index contributed by atoms with van der Waals surface area (Å²) in [7, 11) is 0. The molecule has 0 aliphatic carbocycles. The summed E-state index contributed by atoms with van der Waals surface area (Å²) in [5, 5.41) is 3.01. The third-order valence-electron chi connectivity index (χ3n) is 6.08. The normalized spacial score (nSPS) is 18.5. The molecule has 1 aliphatic heterocycles. The van der Waals surface area contributed by atoms with E-state index >= 15 is 0 Å². The van der Waals surface area contributed by atoms with Crippen molar-refractivity contribution in [2.24, 2.45) is 11.8 Å². The number of carbonyl (C=O) groups is 2. The minimum absolute atomic E-state index is 0.0827. The molecule has 2 unspecified atom stereocenters. The maximum atomic E-state index is 13.8. The number of anilines is 1. The van der Waals surface area contributed by atoms with E-state index in [0.29, 0.717) is 56.8 Å². The Kier molecular flexibility index (Phi) is 6.34. The molecule has 0 bridgehead atoms. The van der Waals surface area contributed by atoms with Gasteiger partial charge in [0.05, 0.1) is 16.6 Å². The Morgan fingerprint density at radius 1 is 1.21 bits per heavy atom. The molecule has 2 amide bonds. The standard InChI is InChI=1S/C24H27FN4O3S/c1-13-7-14(2)10-28(9-13)19(30)11-29-12-26-23-20(24(29)32)16(4)21(33-23)22(31)27-17-6-5-15(3)18(25)8-17/h5-6,8,12-14H,7,9-11H2,1-4H3,(H,27,31). The van der Waals surface area contributed by atoms with Gasteiger partial charge in [-0.3, -0.25) is 19.0 Å². The van der Waals surface area contributed by atoms with Gasteiger partial charge in [0.2, 0.25) is 5.91 Å². The number of carbonyl (C=O) groups excluding carboxylic acids is 2. The second kappa shape index (κ2) is 9.05. The molecular weight excluding hydrogens is 443 g/mol. The van der Waals surface area contributed by atoms with Crippen molar-refractivity contribution in [1.29, 1.82) is 0 Å². The predicted molar refractivity (Wildman–Crippen MR) is 127 cm³/mol. The van der Waals surface area contributed by atoms with Gasteiger partial charge in [0.25, 0.3) is 11.5 Å². The number of piperidine rings is 1. The monoisotopic (exact) mass is 470 g/mol. The van der Waals surface area contributed by atoms with Crippen LogP contribution in [0.25, 0.3) is 10.2 Å². The minimum atomic E-state index is -0.433. The number of nitrogens with zero attached hydrogens (tertiary/aromatic N) is 3. The van der Waals surface area contributed by atoms with E-state index in [0.717, 1.165) is 17.8 Å². The lowest BCUT2D eigenvalue weighted by molar-refractivity contribution is -0.134. The Morgan fingerprint density at radius 3 is 2.58 bits per heavy atom. The number of hydrogen-bond donors (Lipinski definition) is 1. The first-order valence-electron chi connectivity index (χ1n) is 11.0. The van der Waals surface area contributed by atoms with Gasteiger partial charge in [-0.05, 0) is 55.4 Å². The van der Waals surface area contributed by atoms with E-state index in [9.17, 15) is 18.8 Å². The van der Waals surface area contributed by atoms with Gasteiger partial charge >= 0.3 is 0 Å². The van der Waals surface area contributed by atoms with E-state index in [1.165, 1.54) is 17.0 Å². The number of thiophene rings is 1. The number of halogens is 1. The van der Waals surface area contributed by atoms with Crippen LogP contribution in [0.5, 0.6) is 0 Å². The molecule has 2 atom stereocenters. The van der Waals surface area contributed by atoms with Crippen LogP contribution in [0.3, 0.4) is 0 Å². The van der Waals surface area contributed by atoms with Gasteiger partial charge in [0.15, 0.2) is 0 Å². The van der Waals surface area contributed by atoms with Crippen LogP contribution in [0, 0.1) is 31.5 Å². The van der Waals surface area contributed by atoms with Gasteiger partial charge in [0, 0.05) is 18.8 Å². The van der Waals surface area contributed by atoms with Crippen molar-refractivity contribution in [3.8, 4) is 0 Å². The summed E-state index contributed by atoms with van der Waals surface area (Å²) >= 11 is 1.10. The van der Waals surface area contributed by atoms with Crippen molar-refractivity contribution < 1.29 is 14.0 Å². The van der Waals surface area contributed by atoms with Crippen molar-refractivity contribution in [2.75, 3.05) is 18.4 Å². The molecule has 1 aromatic carbocycles. The van der Waals surface area contributed by atoms with Gasteiger partial charge in [0.1, 0.15) is 17.2 Å². The summed E-state index contributed by atoms with van der Waals surface area (Å²) in [6.07, 6.45) is 2.46. The number of aromatic nitrogens is 2. The van der Waals surface area contributed by atoms with Crippen LogP contribution < -0.4 is 10.9 Å². The number of amides is 2. The Labute approximate surface area is 195 Å².